The molecule has 1 N–H and O–H groups in total. The lowest BCUT2D eigenvalue weighted by atomic mass is 9.87. The van der Waals surface area contributed by atoms with Crippen molar-refractivity contribution in [2.24, 2.45) is 5.10 Å². The van der Waals surface area contributed by atoms with Gasteiger partial charge in [0.05, 0.1) is 6.21 Å². The summed E-state index contributed by atoms with van der Waals surface area (Å²) in [4.78, 5) is 11.9. The maximum atomic E-state index is 11.9. The van der Waals surface area contributed by atoms with Gasteiger partial charge in [0.15, 0.2) is 18.1 Å². The molecule has 2 aromatic carbocycles. The zero-order chi connectivity index (χ0) is 19.4. The molecular weight excluding hydrogens is 412 g/mol. The molecule has 6 nitrogen and oxygen atoms in total. The molecule has 2 aromatic rings. The first kappa shape index (κ1) is 19.2. The Morgan fingerprint density at radius 2 is 1.89 bits per heavy atom. The number of carbonyl (C=O) groups excluding carboxylic acids is 1. The molecule has 7 heteroatoms. The Bertz CT molecular complexity index is 858. The highest BCUT2D eigenvalue weighted by atomic mass is 79.9. The average Bonchev–Trinajstić information content (AvgIpc) is 3.07. The zero-order valence-corrected chi connectivity index (χ0v) is 17.0. The summed E-state index contributed by atoms with van der Waals surface area (Å²) in [7, 11) is 0. The van der Waals surface area contributed by atoms with Gasteiger partial charge in [0.25, 0.3) is 5.91 Å². The van der Waals surface area contributed by atoms with Crippen LogP contribution in [0.4, 0.5) is 0 Å². The molecule has 0 radical (unpaired) electrons. The second kappa shape index (κ2) is 8.00. The number of nitrogens with one attached hydrogen (secondary N) is 1. The van der Waals surface area contributed by atoms with E-state index in [1.165, 1.54) is 11.8 Å². The minimum absolute atomic E-state index is 0.0770. The monoisotopic (exact) mass is 432 g/mol. The second-order valence-corrected chi connectivity index (χ2v) is 7.94. The molecule has 0 unspecified atom stereocenters. The van der Waals surface area contributed by atoms with Crippen molar-refractivity contribution in [3.8, 4) is 17.2 Å². The number of fused-ring (bicyclic) bond motifs is 1. The van der Waals surface area contributed by atoms with Gasteiger partial charge in [-0.05, 0) is 51.2 Å². The largest absolute Gasteiger partial charge is 0.484 e. The maximum absolute atomic E-state index is 11.9. The molecule has 0 atom stereocenters. The van der Waals surface area contributed by atoms with Crippen LogP contribution < -0.4 is 19.6 Å². The van der Waals surface area contributed by atoms with Crippen molar-refractivity contribution in [3.05, 3.63) is 52.0 Å². The second-order valence-electron chi connectivity index (χ2n) is 7.08. The third kappa shape index (κ3) is 5.01. The Morgan fingerprint density at radius 3 is 2.56 bits per heavy atom. The molecule has 3 rings (SSSR count). The fourth-order valence-corrected chi connectivity index (χ4v) is 2.86. The summed E-state index contributed by atoms with van der Waals surface area (Å²) in [5.41, 5.74) is 4.49. The van der Waals surface area contributed by atoms with E-state index in [9.17, 15) is 4.79 Å². The minimum Gasteiger partial charge on any atom is -0.484 e. The standard InChI is InChI=1S/C20H21BrN2O4/c1-20(2,3)14-4-6-15(7-5-14)25-11-19(24)23-22-10-13-8-17-18(9-16(13)21)27-12-26-17/h4-10H,11-12H2,1-3H3,(H,23,24)/b22-10-. The zero-order valence-electron chi connectivity index (χ0n) is 15.4. The smallest absolute Gasteiger partial charge is 0.277 e. The number of nitrogens with zero attached hydrogens (tertiary/aromatic N) is 1. The number of hydrogen-bond acceptors (Lipinski definition) is 5. The van der Waals surface area contributed by atoms with E-state index < -0.39 is 0 Å². The van der Waals surface area contributed by atoms with Crippen molar-refractivity contribution in [2.75, 3.05) is 13.4 Å². The third-order valence-corrected chi connectivity index (χ3v) is 4.66. The molecule has 1 heterocycles. The van der Waals surface area contributed by atoms with Crippen molar-refractivity contribution in [2.45, 2.75) is 26.2 Å². The molecule has 0 bridgehead atoms. The molecule has 142 valence electrons. The minimum atomic E-state index is -0.344. The molecule has 27 heavy (non-hydrogen) atoms. The normalized spacial score (nSPS) is 13.0. The Morgan fingerprint density at radius 1 is 1.22 bits per heavy atom. The molecule has 1 amide bonds. The van der Waals surface area contributed by atoms with Crippen LogP contribution in [0.1, 0.15) is 31.9 Å². The number of hydrogen-bond donors (Lipinski definition) is 1. The van der Waals surface area contributed by atoms with Gasteiger partial charge >= 0.3 is 0 Å². The van der Waals surface area contributed by atoms with Crippen LogP contribution in [-0.4, -0.2) is 25.5 Å². The van der Waals surface area contributed by atoms with Crippen LogP contribution in [0, 0.1) is 0 Å². The van der Waals surface area contributed by atoms with Crippen LogP contribution in [0.5, 0.6) is 17.2 Å². The molecule has 1 aliphatic heterocycles. The summed E-state index contributed by atoms with van der Waals surface area (Å²) in [6, 6.07) is 11.3. The number of halogens is 1. The van der Waals surface area contributed by atoms with Crippen molar-refractivity contribution < 1.29 is 19.0 Å². The van der Waals surface area contributed by atoms with E-state index in [0.29, 0.717) is 17.2 Å². The highest BCUT2D eigenvalue weighted by Gasteiger charge is 2.16. The molecule has 0 aliphatic carbocycles. The number of benzene rings is 2. The maximum Gasteiger partial charge on any atom is 0.277 e. The predicted molar refractivity (Wildman–Crippen MR) is 107 cm³/mol. The van der Waals surface area contributed by atoms with E-state index in [2.05, 4.69) is 47.2 Å². The van der Waals surface area contributed by atoms with Gasteiger partial charge in [-0.2, -0.15) is 5.10 Å². The quantitative estimate of drug-likeness (QED) is 0.572. The SMILES string of the molecule is CC(C)(C)c1ccc(OCC(=O)N/N=C\c2cc3c(cc2Br)OCO3)cc1. The summed E-state index contributed by atoms with van der Waals surface area (Å²) in [6.45, 7) is 6.52. The highest BCUT2D eigenvalue weighted by Crippen LogP contribution is 2.36. The lowest BCUT2D eigenvalue weighted by Gasteiger charge is -2.19. The molecule has 0 saturated carbocycles. The summed E-state index contributed by atoms with van der Waals surface area (Å²) in [5.74, 6) is 1.62. The third-order valence-electron chi connectivity index (χ3n) is 3.98. The van der Waals surface area contributed by atoms with Gasteiger partial charge in [0.1, 0.15) is 5.75 Å². The topological polar surface area (TPSA) is 69.2 Å². The average molecular weight is 433 g/mol. The van der Waals surface area contributed by atoms with Gasteiger partial charge < -0.3 is 14.2 Å². The Balaban J connectivity index is 1.51. The predicted octanol–water partition coefficient (Wildman–Crippen LogP) is 4.00. The molecule has 0 spiro atoms. The molecule has 0 aromatic heterocycles. The van der Waals surface area contributed by atoms with E-state index in [-0.39, 0.29) is 24.7 Å². The first-order valence-electron chi connectivity index (χ1n) is 8.47. The number of hydrazone groups is 1. The van der Waals surface area contributed by atoms with Gasteiger partial charge in [-0.1, -0.05) is 32.9 Å². The summed E-state index contributed by atoms with van der Waals surface area (Å²) < 4.78 is 16.9. The number of carbonyl (C=O) groups is 1. The van der Waals surface area contributed by atoms with E-state index in [4.69, 9.17) is 14.2 Å². The van der Waals surface area contributed by atoms with E-state index >= 15 is 0 Å². The van der Waals surface area contributed by atoms with Gasteiger partial charge in [-0.3, -0.25) is 4.79 Å². The highest BCUT2D eigenvalue weighted by molar-refractivity contribution is 9.10. The van der Waals surface area contributed by atoms with Crippen LogP contribution in [-0.2, 0) is 10.2 Å². The van der Waals surface area contributed by atoms with Crippen LogP contribution >= 0.6 is 15.9 Å². The lowest BCUT2D eigenvalue weighted by molar-refractivity contribution is -0.123. The van der Waals surface area contributed by atoms with E-state index in [1.807, 2.05) is 24.3 Å². The fourth-order valence-electron chi connectivity index (χ4n) is 2.44. The van der Waals surface area contributed by atoms with Crippen molar-refractivity contribution in [1.29, 1.82) is 0 Å². The molecule has 0 fully saturated rings. The van der Waals surface area contributed by atoms with Crippen molar-refractivity contribution >= 4 is 28.1 Å². The summed E-state index contributed by atoms with van der Waals surface area (Å²) >= 11 is 3.43. The van der Waals surface area contributed by atoms with Crippen LogP contribution in [0.25, 0.3) is 0 Å². The first-order valence-corrected chi connectivity index (χ1v) is 9.26. The van der Waals surface area contributed by atoms with Gasteiger partial charge in [0.2, 0.25) is 6.79 Å². The molecular formula is C20H21BrN2O4. The Kier molecular flexibility index (Phi) is 5.70. The van der Waals surface area contributed by atoms with Crippen molar-refractivity contribution in [1.82, 2.24) is 5.43 Å². The molecule has 1 aliphatic rings. The number of ether oxygens (including phenoxy) is 3. The van der Waals surface area contributed by atoms with Crippen LogP contribution in [0.2, 0.25) is 0 Å². The van der Waals surface area contributed by atoms with Gasteiger partial charge in [-0.15, -0.1) is 0 Å². The van der Waals surface area contributed by atoms with Crippen molar-refractivity contribution in [3.63, 3.8) is 0 Å². The Hall–Kier alpha value is -2.54. The molecule has 0 saturated heterocycles. The Labute approximate surface area is 166 Å². The summed E-state index contributed by atoms with van der Waals surface area (Å²) in [5, 5.41) is 3.96. The van der Waals surface area contributed by atoms with Gasteiger partial charge in [0, 0.05) is 10.0 Å². The van der Waals surface area contributed by atoms with E-state index in [1.54, 1.807) is 12.1 Å². The lowest BCUT2D eigenvalue weighted by Crippen LogP contribution is -2.24. The van der Waals surface area contributed by atoms with Crippen LogP contribution in [0.3, 0.4) is 0 Å². The number of rotatable bonds is 5. The fraction of sp³-hybridized carbons (Fsp3) is 0.300. The number of amides is 1. The van der Waals surface area contributed by atoms with E-state index in [0.717, 1.165) is 10.0 Å². The summed E-state index contributed by atoms with van der Waals surface area (Å²) in [6.07, 6.45) is 1.53. The first-order chi connectivity index (χ1) is 12.8. The van der Waals surface area contributed by atoms with Gasteiger partial charge in [-0.25, -0.2) is 5.43 Å². The van der Waals surface area contributed by atoms with Crippen LogP contribution in [0.15, 0.2) is 46.0 Å².